The van der Waals surface area contributed by atoms with Crippen LogP contribution < -0.4 is 15.2 Å². The SMILES string of the molecule is COc1ccccc1COc1ccc(CN)nc1. The van der Waals surface area contributed by atoms with Crippen LogP contribution in [0.2, 0.25) is 0 Å². The molecule has 94 valence electrons. The van der Waals surface area contributed by atoms with E-state index in [1.165, 1.54) is 0 Å². The van der Waals surface area contributed by atoms with Crippen LogP contribution in [0.4, 0.5) is 0 Å². The monoisotopic (exact) mass is 244 g/mol. The molecule has 1 heterocycles. The maximum Gasteiger partial charge on any atom is 0.138 e. The van der Waals surface area contributed by atoms with E-state index in [1.807, 2.05) is 36.4 Å². The highest BCUT2D eigenvalue weighted by Crippen LogP contribution is 2.19. The molecule has 2 aromatic rings. The third-order valence-corrected chi connectivity index (χ3v) is 2.59. The Labute approximate surface area is 106 Å². The number of nitrogens with zero attached hydrogens (tertiary/aromatic N) is 1. The standard InChI is InChI=1S/C14H16N2O2/c1-17-14-5-3-2-4-11(14)10-18-13-7-6-12(8-15)16-9-13/h2-7,9H,8,10,15H2,1H3. The molecule has 1 aromatic carbocycles. The summed E-state index contributed by atoms with van der Waals surface area (Å²) in [6.45, 7) is 0.889. The molecule has 2 rings (SSSR count). The molecule has 0 saturated carbocycles. The molecule has 0 fully saturated rings. The lowest BCUT2D eigenvalue weighted by molar-refractivity contribution is 0.295. The minimum Gasteiger partial charge on any atom is -0.496 e. The van der Waals surface area contributed by atoms with Gasteiger partial charge in [0.25, 0.3) is 0 Å². The first-order chi connectivity index (χ1) is 8.83. The van der Waals surface area contributed by atoms with Crippen LogP contribution in [0.25, 0.3) is 0 Å². The number of aromatic nitrogens is 1. The van der Waals surface area contributed by atoms with Crippen LogP contribution in [0.1, 0.15) is 11.3 Å². The molecule has 0 aliphatic carbocycles. The van der Waals surface area contributed by atoms with Gasteiger partial charge in [-0.1, -0.05) is 18.2 Å². The second kappa shape index (κ2) is 6.02. The van der Waals surface area contributed by atoms with E-state index < -0.39 is 0 Å². The first-order valence-electron chi connectivity index (χ1n) is 5.73. The van der Waals surface area contributed by atoms with Crippen LogP contribution >= 0.6 is 0 Å². The van der Waals surface area contributed by atoms with E-state index in [9.17, 15) is 0 Å². The van der Waals surface area contributed by atoms with Crippen molar-refractivity contribution in [1.29, 1.82) is 0 Å². The van der Waals surface area contributed by atoms with Gasteiger partial charge in [0, 0.05) is 12.1 Å². The predicted octanol–water partition coefficient (Wildman–Crippen LogP) is 2.13. The summed E-state index contributed by atoms with van der Waals surface area (Å²) >= 11 is 0. The van der Waals surface area contributed by atoms with Crippen molar-refractivity contribution in [3.63, 3.8) is 0 Å². The summed E-state index contributed by atoms with van der Waals surface area (Å²) in [5.41, 5.74) is 7.33. The van der Waals surface area contributed by atoms with Gasteiger partial charge >= 0.3 is 0 Å². The molecule has 0 bridgehead atoms. The molecule has 0 spiro atoms. The van der Waals surface area contributed by atoms with Crippen molar-refractivity contribution in [3.8, 4) is 11.5 Å². The number of hydrogen-bond acceptors (Lipinski definition) is 4. The van der Waals surface area contributed by atoms with Crippen LogP contribution in [0.5, 0.6) is 11.5 Å². The Bertz CT molecular complexity index is 497. The molecular weight excluding hydrogens is 228 g/mol. The Kier molecular flexibility index (Phi) is 4.15. The van der Waals surface area contributed by atoms with Crippen molar-refractivity contribution in [2.75, 3.05) is 7.11 Å². The Morgan fingerprint density at radius 1 is 1.17 bits per heavy atom. The predicted molar refractivity (Wildman–Crippen MR) is 69.5 cm³/mol. The minimum atomic E-state index is 0.437. The van der Waals surface area contributed by atoms with Crippen LogP contribution in [0.3, 0.4) is 0 Å². The van der Waals surface area contributed by atoms with Gasteiger partial charge in [0.05, 0.1) is 19.0 Å². The second-order valence-corrected chi connectivity index (χ2v) is 3.79. The Balaban J connectivity index is 2.02. The summed E-state index contributed by atoms with van der Waals surface area (Å²) in [6, 6.07) is 11.5. The van der Waals surface area contributed by atoms with Crippen molar-refractivity contribution < 1.29 is 9.47 Å². The van der Waals surface area contributed by atoms with Gasteiger partial charge in [0.2, 0.25) is 0 Å². The summed E-state index contributed by atoms with van der Waals surface area (Å²) in [6.07, 6.45) is 1.68. The average Bonchev–Trinajstić information content (AvgIpc) is 2.46. The zero-order valence-electron chi connectivity index (χ0n) is 10.3. The van der Waals surface area contributed by atoms with E-state index in [1.54, 1.807) is 13.3 Å². The van der Waals surface area contributed by atoms with Gasteiger partial charge < -0.3 is 15.2 Å². The van der Waals surface area contributed by atoms with Crippen molar-refractivity contribution in [3.05, 3.63) is 53.9 Å². The van der Waals surface area contributed by atoms with Gasteiger partial charge in [-0.2, -0.15) is 0 Å². The topological polar surface area (TPSA) is 57.4 Å². The third-order valence-electron chi connectivity index (χ3n) is 2.59. The van der Waals surface area contributed by atoms with Crippen LogP contribution in [0.15, 0.2) is 42.6 Å². The summed E-state index contributed by atoms with van der Waals surface area (Å²) in [5, 5.41) is 0. The first kappa shape index (κ1) is 12.4. The maximum absolute atomic E-state index is 5.65. The smallest absolute Gasteiger partial charge is 0.138 e. The quantitative estimate of drug-likeness (QED) is 0.875. The lowest BCUT2D eigenvalue weighted by Gasteiger charge is -2.09. The minimum absolute atomic E-state index is 0.437. The van der Waals surface area contributed by atoms with Crippen LogP contribution in [-0.4, -0.2) is 12.1 Å². The van der Waals surface area contributed by atoms with Crippen molar-refractivity contribution in [2.24, 2.45) is 5.73 Å². The summed E-state index contributed by atoms with van der Waals surface area (Å²) < 4.78 is 10.9. The molecular formula is C14H16N2O2. The molecule has 4 nitrogen and oxygen atoms in total. The molecule has 0 amide bonds. The Hall–Kier alpha value is -2.07. The highest BCUT2D eigenvalue weighted by Gasteiger charge is 2.02. The fraction of sp³-hybridized carbons (Fsp3) is 0.214. The Morgan fingerprint density at radius 3 is 2.67 bits per heavy atom. The van der Waals surface area contributed by atoms with Crippen molar-refractivity contribution >= 4 is 0 Å². The number of methoxy groups -OCH3 is 1. The molecule has 2 N–H and O–H groups in total. The summed E-state index contributed by atoms with van der Waals surface area (Å²) in [4.78, 5) is 4.17. The van der Waals surface area contributed by atoms with E-state index in [-0.39, 0.29) is 0 Å². The van der Waals surface area contributed by atoms with Crippen LogP contribution in [0, 0.1) is 0 Å². The lowest BCUT2D eigenvalue weighted by atomic mass is 10.2. The third kappa shape index (κ3) is 2.99. The number of benzene rings is 1. The summed E-state index contributed by atoms with van der Waals surface area (Å²) in [5.74, 6) is 1.54. The normalized spacial score (nSPS) is 10.1. The summed E-state index contributed by atoms with van der Waals surface area (Å²) in [7, 11) is 1.65. The average molecular weight is 244 g/mol. The van der Waals surface area contributed by atoms with Crippen molar-refractivity contribution in [2.45, 2.75) is 13.2 Å². The number of rotatable bonds is 5. The molecule has 0 aliphatic heterocycles. The van der Waals surface area contributed by atoms with Gasteiger partial charge in [0.15, 0.2) is 0 Å². The fourth-order valence-corrected chi connectivity index (χ4v) is 1.60. The highest BCUT2D eigenvalue weighted by atomic mass is 16.5. The van der Waals surface area contributed by atoms with E-state index >= 15 is 0 Å². The lowest BCUT2D eigenvalue weighted by Crippen LogP contribution is -2.01. The van der Waals surface area contributed by atoms with Crippen LogP contribution in [-0.2, 0) is 13.2 Å². The number of ether oxygens (including phenoxy) is 2. The first-order valence-corrected chi connectivity index (χ1v) is 5.73. The van der Waals surface area contributed by atoms with E-state index in [2.05, 4.69) is 4.98 Å². The van der Waals surface area contributed by atoms with E-state index in [0.717, 1.165) is 22.8 Å². The van der Waals surface area contributed by atoms with E-state index in [4.69, 9.17) is 15.2 Å². The maximum atomic E-state index is 5.65. The van der Waals surface area contributed by atoms with Gasteiger partial charge in [0.1, 0.15) is 18.1 Å². The molecule has 0 atom stereocenters. The number of para-hydroxylation sites is 1. The number of pyridine rings is 1. The molecule has 0 radical (unpaired) electrons. The molecule has 0 saturated heterocycles. The van der Waals surface area contributed by atoms with E-state index in [0.29, 0.717) is 13.2 Å². The largest absolute Gasteiger partial charge is 0.496 e. The molecule has 18 heavy (non-hydrogen) atoms. The van der Waals surface area contributed by atoms with Gasteiger partial charge in [-0.3, -0.25) is 4.98 Å². The zero-order chi connectivity index (χ0) is 12.8. The highest BCUT2D eigenvalue weighted by molar-refractivity contribution is 5.33. The number of hydrogen-bond donors (Lipinski definition) is 1. The molecule has 4 heteroatoms. The molecule has 0 aliphatic rings. The molecule has 0 unspecified atom stereocenters. The van der Waals surface area contributed by atoms with Gasteiger partial charge in [-0.25, -0.2) is 0 Å². The molecule has 1 aromatic heterocycles. The zero-order valence-corrected chi connectivity index (χ0v) is 10.3. The van der Waals surface area contributed by atoms with Gasteiger partial charge in [-0.05, 0) is 18.2 Å². The fourth-order valence-electron chi connectivity index (χ4n) is 1.60. The van der Waals surface area contributed by atoms with Crippen molar-refractivity contribution in [1.82, 2.24) is 4.98 Å². The Morgan fingerprint density at radius 2 is 2.00 bits per heavy atom. The second-order valence-electron chi connectivity index (χ2n) is 3.79. The number of nitrogens with two attached hydrogens (primary N) is 1. The van der Waals surface area contributed by atoms with Gasteiger partial charge in [-0.15, -0.1) is 0 Å².